The van der Waals surface area contributed by atoms with Crippen LogP contribution in [0.1, 0.15) is 62.2 Å². The molecule has 1 aliphatic heterocycles. The maximum atomic E-state index is 12.4. The van der Waals surface area contributed by atoms with E-state index >= 15 is 0 Å². The van der Waals surface area contributed by atoms with Crippen molar-refractivity contribution in [3.8, 4) is 0 Å². The Morgan fingerprint density at radius 3 is 2.88 bits per heavy atom. The summed E-state index contributed by atoms with van der Waals surface area (Å²) in [5.74, 6) is 1.50. The largest absolute Gasteiger partial charge is 0.294 e. The molecule has 3 rings (SSSR count). The number of hydrogen-bond donors (Lipinski definition) is 0. The third-order valence-corrected chi connectivity index (χ3v) is 4.07. The van der Waals surface area contributed by atoms with Crippen molar-refractivity contribution >= 4 is 0 Å². The second kappa shape index (κ2) is 3.44. The molecule has 0 spiro atoms. The van der Waals surface area contributed by atoms with Gasteiger partial charge in [-0.3, -0.25) is 9.36 Å². The van der Waals surface area contributed by atoms with Crippen molar-refractivity contribution in [1.82, 2.24) is 9.55 Å². The molecule has 0 radical (unpaired) electrons. The van der Waals surface area contributed by atoms with E-state index in [4.69, 9.17) is 4.98 Å². The monoisotopic (exact) mass is 218 g/mol. The summed E-state index contributed by atoms with van der Waals surface area (Å²) in [6.45, 7) is 4.32. The summed E-state index contributed by atoms with van der Waals surface area (Å²) in [7, 11) is 0. The minimum atomic E-state index is 0.247. The SMILES string of the molecule is CC1CCc2c1nc1n(c2=O)C(C)CCC1. The van der Waals surface area contributed by atoms with Gasteiger partial charge in [0.2, 0.25) is 0 Å². The lowest BCUT2D eigenvalue weighted by atomic mass is 10.0. The van der Waals surface area contributed by atoms with Crippen LogP contribution in [0.5, 0.6) is 0 Å². The van der Waals surface area contributed by atoms with Crippen LogP contribution in [-0.2, 0) is 12.8 Å². The van der Waals surface area contributed by atoms with Gasteiger partial charge >= 0.3 is 0 Å². The Bertz CT molecular complexity index is 489. The molecule has 1 aromatic rings. The highest BCUT2D eigenvalue weighted by molar-refractivity contribution is 5.28. The maximum absolute atomic E-state index is 12.4. The highest BCUT2D eigenvalue weighted by atomic mass is 16.1. The fourth-order valence-corrected chi connectivity index (χ4v) is 3.09. The Morgan fingerprint density at radius 1 is 1.25 bits per heavy atom. The molecule has 1 aliphatic carbocycles. The Morgan fingerprint density at radius 2 is 2.06 bits per heavy atom. The Labute approximate surface area is 95.5 Å². The first-order chi connectivity index (χ1) is 7.68. The Hall–Kier alpha value is -1.12. The molecule has 1 aromatic heterocycles. The van der Waals surface area contributed by atoms with Crippen molar-refractivity contribution in [3.63, 3.8) is 0 Å². The molecule has 0 saturated heterocycles. The zero-order chi connectivity index (χ0) is 11.3. The van der Waals surface area contributed by atoms with E-state index < -0.39 is 0 Å². The summed E-state index contributed by atoms with van der Waals surface area (Å²) in [5, 5.41) is 0. The summed E-state index contributed by atoms with van der Waals surface area (Å²) in [4.78, 5) is 17.1. The van der Waals surface area contributed by atoms with E-state index in [1.165, 1.54) is 6.42 Å². The molecule has 86 valence electrons. The maximum Gasteiger partial charge on any atom is 0.257 e. The van der Waals surface area contributed by atoms with Gasteiger partial charge in [0.25, 0.3) is 5.56 Å². The highest BCUT2D eigenvalue weighted by Gasteiger charge is 2.28. The number of nitrogens with zero attached hydrogens (tertiary/aromatic N) is 2. The molecule has 2 unspecified atom stereocenters. The topological polar surface area (TPSA) is 34.9 Å². The van der Waals surface area contributed by atoms with Crippen LogP contribution in [-0.4, -0.2) is 9.55 Å². The predicted molar refractivity (Wildman–Crippen MR) is 62.9 cm³/mol. The lowest BCUT2D eigenvalue weighted by Crippen LogP contribution is -2.33. The predicted octanol–water partition coefficient (Wildman–Crippen LogP) is 2.19. The molecule has 2 atom stereocenters. The normalized spacial score (nSPS) is 27.6. The van der Waals surface area contributed by atoms with Gasteiger partial charge in [-0.2, -0.15) is 0 Å². The van der Waals surface area contributed by atoms with E-state index in [9.17, 15) is 4.79 Å². The quantitative estimate of drug-likeness (QED) is 0.669. The lowest BCUT2D eigenvalue weighted by molar-refractivity contribution is 0.401. The highest BCUT2D eigenvalue weighted by Crippen LogP contribution is 2.31. The van der Waals surface area contributed by atoms with Crippen LogP contribution < -0.4 is 5.56 Å². The van der Waals surface area contributed by atoms with Crippen molar-refractivity contribution in [2.45, 2.75) is 57.9 Å². The summed E-state index contributed by atoms with van der Waals surface area (Å²) >= 11 is 0. The van der Waals surface area contributed by atoms with Gasteiger partial charge in [0.1, 0.15) is 5.82 Å². The van der Waals surface area contributed by atoms with Crippen LogP contribution in [0.3, 0.4) is 0 Å². The van der Waals surface area contributed by atoms with E-state index in [1.807, 2.05) is 4.57 Å². The van der Waals surface area contributed by atoms with Crippen LogP contribution >= 0.6 is 0 Å². The number of aromatic nitrogens is 2. The van der Waals surface area contributed by atoms with Crippen molar-refractivity contribution in [3.05, 3.63) is 27.4 Å². The van der Waals surface area contributed by atoms with Gasteiger partial charge in [-0.25, -0.2) is 4.98 Å². The number of rotatable bonds is 0. The molecule has 3 nitrogen and oxygen atoms in total. The third kappa shape index (κ3) is 1.27. The van der Waals surface area contributed by atoms with Crippen LogP contribution in [0.2, 0.25) is 0 Å². The molecule has 0 bridgehead atoms. The Kier molecular flexibility index (Phi) is 2.16. The van der Waals surface area contributed by atoms with Gasteiger partial charge in [-0.05, 0) is 38.5 Å². The smallest absolute Gasteiger partial charge is 0.257 e. The van der Waals surface area contributed by atoms with Crippen molar-refractivity contribution < 1.29 is 0 Å². The van der Waals surface area contributed by atoms with Gasteiger partial charge in [0.05, 0.1) is 5.69 Å². The number of fused-ring (bicyclic) bond motifs is 2. The van der Waals surface area contributed by atoms with Gasteiger partial charge in [-0.1, -0.05) is 6.92 Å². The molecule has 0 aromatic carbocycles. The second-order valence-electron chi connectivity index (χ2n) is 5.25. The molecular weight excluding hydrogens is 200 g/mol. The Balaban J connectivity index is 2.26. The molecule has 0 amide bonds. The van der Waals surface area contributed by atoms with E-state index in [-0.39, 0.29) is 5.56 Å². The summed E-state index contributed by atoms with van der Waals surface area (Å²) in [5.41, 5.74) is 2.33. The summed E-state index contributed by atoms with van der Waals surface area (Å²) < 4.78 is 1.94. The first-order valence-electron chi connectivity index (χ1n) is 6.32. The van der Waals surface area contributed by atoms with Gasteiger partial charge in [0, 0.05) is 18.0 Å². The van der Waals surface area contributed by atoms with Crippen LogP contribution in [0.25, 0.3) is 0 Å². The zero-order valence-corrected chi connectivity index (χ0v) is 9.99. The number of hydrogen-bond acceptors (Lipinski definition) is 2. The van der Waals surface area contributed by atoms with Crippen molar-refractivity contribution in [2.24, 2.45) is 0 Å². The van der Waals surface area contributed by atoms with E-state index in [0.29, 0.717) is 12.0 Å². The second-order valence-corrected chi connectivity index (χ2v) is 5.25. The minimum Gasteiger partial charge on any atom is -0.294 e. The van der Waals surface area contributed by atoms with E-state index in [1.54, 1.807) is 0 Å². The molecule has 0 N–H and O–H groups in total. The van der Waals surface area contributed by atoms with Crippen LogP contribution in [0.15, 0.2) is 4.79 Å². The zero-order valence-electron chi connectivity index (χ0n) is 9.99. The van der Waals surface area contributed by atoms with Crippen molar-refractivity contribution in [2.75, 3.05) is 0 Å². The van der Waals surface area contributed by atoms with E-state index in [2.05, 4.69) is 13.8 Å². The molecule has 0 fully saturated rings. The van der Waals surface area contributed by atoms with Crippen molar-refractivity contribution in [1.29, 1.82) is 0 Å². The van der Waals surface area contributed by atoms with Crippen LogP contribution in [0, 0.1) is 0 Å². The first kappa shape index (κ1) is 10.1. The molecule has 0 saturated carbocycles. The molecule has 2 aliphatic rings. The van der Waals surface area contributed by atoms with Gasteiger partial charge in [-0.15, -0.1) is 0 Å². The molecule has 16 heavy (non-hydrogen) atoms. The first-order valence-corrected chi connectivity index (χ1v) is 6.32. The summed E-state index contributed by atoms with van der Waals surface area (Å²) in [6.07, 6.45) is 5.27. The molecule has 3 heteroatoms. The molecular formula is C13H18N2O. The fraction of sp³-hybridized carbons (Fsp3) is 0.692. The summed E-state index contributed by atoms with van der Waals surface area (Å²) in [6, 6.07) is 0.338. The minimum absolute atomic E-state index is 0.247. The fourth-order valence-electron chi connectivity index (χ4n) is 3.09. The van der Waals surface area contributed by atoms with Gasteiger partial charge < -0.3 is 0 Å². The number of aryl methyl sites for hydroxylation is 1. The lowest BCUT2D eigenvalue weighted by Gasteiger charge is -2.25. The van der Waals surface area contributed by atoms with Crippen LogP contribution in [0.4, 0.5) is 0 Å². The van der Waals surface area contributed by atoms with E-state index in [0.717, 1.165) is 42.8 Å². The average Bonchev–Trinajstić information content (AvgIpc) is 2.61. The standard InChI is InChI=1S/C13H18N2O/c1-8-6-7-10-12(8)14-11-5-3-4-9(2)15(11)13(10)16/h8-9H,3-7H2,1-2H3. The van der Waals surface area contributed by atoms with Gasteiger partial charge in [0.15, 0.2) is 0 Å². The average molecular weight is 218 g/mol. The third-order valence-electron chi connectivity index (χ3n) is 4.07. The molecule has 2 heterocycles.